The van der Waals surface area contributed by atoms with Crippen molar-refractivity contribution in [3.63, 3.8) is 0 Å². The predicted molar refractivity (Wildman–Crippen MR) is 111 cm³/mol. The standard InChI is InChI=1S/C19H25N5O5S/c1-28-16-6-3-5-15(17(16)29-2)18(25)20-9-14-30(26,27)24-12-10-23(11-13-24)19-21-7-4-8-22-19/h3-8H,9-14H2,1-2H3,(H,20,25). The Morgan fingerprint density at radius 2 is 1.77 bits per heavy atom. The molecule has 1 N–H and O–H groups in total. The fourth-order valence-corrected chi connectivity index (χ4v) is 4.54. The van der Waals surface area contributed by atoms with E-state index >= 15 is 0 Å². The molecule has 3 rings (SSSR count). The molecule has 1 fully saturated rings. The topological polar surface area (TPSA) is 114 Å². The predicted octanol–water partition coefficient (Wildman–Crippen LogP) is 0.376. The van der Waals surface area contributed by atoms with Crippen LogP contribution in [0.2, 0.25) is 0 Å². The third-order valence-corrected chi connectivity index (χ3v) is 6.63. The molecule has 30 heavy (non-hydrogen) atoms. The average molecular weight is 436 g/mol. The van der Waals surface area contributed by atoms with E-state index in [0.29, 0.717) is 43.6 Å². The normalized spacial score (nSPS) is 14.9. The van der Waals surface area contributed by atoms with Crippen LogP contribution >= 0.6 is 0 Å². The molecule has 0 atom stereocenters. The lowest BCUT2D eigenvalue weighted by Crippen LogP contribution is -2.50. The van der Waals surface area contributed by atoms with Crippen molar-refractivity contribution in [3.05, 3.63) is 42.2 Å². The summed E-state index contributed by atoms with van der Waals surface area (Å²) >= 11 is 0. The number of rotatable bonds is 8. The van der Waals surface area contributed by atoms with Gasteiger partial charge in [0.25, 0.3) is 5.91 Å². The highest BCUT2D eigenvalue weighted by atomic mass is 32.2. The zero-order valence-electron chi connectivity index (χ0n) is 16.9. The van der Waals surface area contributed by atoms with Crippen molar-refractivity contribution in [2.75, 3.05) is 57.6 Å². The molecule has 1 amide bonds. The van der Waals surface area contributed by atoms with Gasteiger partial charge in [0.15, 0.2) is 11.5 Å². The number of amides is 1. The number of aromatic nitrogens is 2. The third kappa shape index (κ3) is 4.97. The Bertz CT molecular complexity index is 963. The number of carbonyl (C=O) groups excluding carboxylic acids is 1. The number of hydrogen-bond donors (Lipinski definition) is 1. The highest BCUT2D eigenvalue weighted by Gasteiger charge is 2.28. The molecular weight excluding hydrogens is 410 g/mol. The van der Waals surface area contributed by atoms with Gasteiger partial charge in [-0.2, -0.15) is 4.31 Å². The molecule has 0 unspecified atom stereocenters. The molecule has 11 heteroatoms. The van der Waals surface area contributed by atoms with E-state index < -0.39 is 15.9 Å². The largest absolute Gasteiger partial charge is 0.493 e. The van der Waals surface area contributed by atoms with E-state index in [-0.39, 0.29) is 17.9 Å². The smallest absolute Gasteiger partial charge is 0.255 e. The molecule has 0 aliphatic carbocycles. The van der Waals surface area contributed by atoms with Gasteiger partial charge >= 0.3 is 0 Å². The maximum absolute atomic E-state index is 12.7. The number of hydrogen-bond acceptors (Lipinski definition) is 8. The second kappa shape index (κ2) is 9.72. The Morgan fingerprint density at radius 3 is 2.40 bits per heavy atom. The van der Waals surface area contributed by atoms with Gasteiger partial charge in [-0.15, -0.1) is 0 Å². The lowest BCUT2D eigenvalue weighted by Gasteiger charge is -2.33. The summed E-state index contributed by atoms with van der Waals surface area (Å²) in [5, 5.41) is 2.64. The molecule has 10 nitrogen and oxygen atoms in total. The van der Waals surface area contributed by atoms with Crippen LogP contribution in [0.4, 0.5) is 5.95 Å². The molecule has 1 aromatic heterocycles. The highest BCUT2D eigenvalue weighted by Crippen LogP contribution is 2.30. The van der Waals surface area contributed by atoms with Crippen LogP contribution in [0.3, 0.4) is 0 Å². The van der Waals surface area contributed by atoms with Crippen molar-refractivity contribution >= 4 is 21.9 Å². The fourth-order valence-electron chi connectivity index (χ4n) is 3.20. The first-order valence-corrected chi connectivity index (χ1v) is 11.1. The van der Waals surface area contributed by atoms with Gasteiger partial charge in [0.1, 0.15) is 0 Å². The molecule has 2 heterocycles. The average Bonchev–Trinajstić information content (AvgIpc) is 2.78. The Hall–Kier alpha value is -2.92. The number of piperazine rings is 1. The molecule has 162 valence electrons. The summed E-state index contributed by atoms with van der Waals surface area (Å²) in [4.78, 5) is 22.8. The van der Waals surface area contributed by atoms with E-state index in [0.717, 1.165) is 0 Å². The number of nitrogens with zero attached hydrogens (tertiary/aromatic N) is 4. The summed E-state index contributed by atoms with van der Waals surface area (Å²) in [6.45, 7) is 1.70. The van der Waals surface area contributed by atoms with Crippen LogP contribution in [-0.4, -0.2) is 81.3 Å². The fraction of sp³-hybridized carbons (Fsp3) is 0.421. The number of methoxy groups -OCH3 is 2. The molecule has 1 aliphatic rings. The van der Waals surface area contributed by atoms with Crippen molar-refractivity contribution in [1.82, 2.24) is 19.6 Å². The molecule has 1 saturated heterocycles. The number of benzene rings is 1. The Balaban J connectivity index is 1.53. The minimum absolute atomic E-state index is 0.0104. The van der Waals surface area contributed by atoms with E-state index in [9.17, 15) is 13.2 Å². The van der Waals surface area contributed by atoms with E-state index in [4.69, 9.17) is 9.47 Å². The zero-order valence-corrected chi connectivity index (χ0v) is 17.8. The molecular formula is C19H25N5O5S. The van der Waals surface area contributed by atoms with Crippen LogP contribution in [-0.2, 0) is 10.0 Å². The van der Waals surface area contributed by atoms with E-state index in [1.54, 1.807) is 36.7 Å². The van der Waals surface area contributed by atoms with Gasteiger partial charge in [-0.25, -0.2) is 18.4 Å². The van der Waals surface area contributed by atoms with Crippen LogP contribution in [0.25, 0.3) is 0 Å². The van der Waals surface area contributed by atoms with Crippen molar-refractivity contribution in [3.8, 4) is 11.5 Å². The minimum Gasteiger partial charge on any atom is -0.493 e. The zero-order chi connectivity index (χ0) is 21.6. The van der Waals surface area contributed by atoms with E-state index in [2.05, 4.69) is 15.3 Å². The summed E-state index contributed by atoms with van der Waals surface area (Å²) in [6, 6.07) is 6.68. The molecule has 0 radical (unpaired) electrons. The first-order valence-electron chi connectivity index (χ1n) is 9.45. The quantitative estimate of drug-likeness (QED) is 0.633. The summed E-state index contributed by atoms with van der Waals surface area (Å²) in [6.07, 6.45) is 3.32. The van der Waals surface area contributed by atoms with Gasteiger partial charge in [-0.1, -0.05) is 6.07 Å². The van der Waals surface area contributed by atoms with Crippen molar-refractivity contribution in [1.29, 1.82) is 0 Å². The molecule has 1 aliphatic heterocycles. The van der Waals surface area contributed by atoms with Crippen LogP contribution in [0.5, 0.6) is 11.5 Å². The van der Waals surface area contributed by atoms with E-state index in [1.165, 1.54) is 18.5 Å². The van der Waals surface area contributed by atoms with Gasteiger partial charge in [0.05, 0.1) is 25.5 Å². The maximum Gasteiger partial charge on any atom is 0.255 e. The van der Waals surface area contributed by atoms with Gasteiger partial charge < -0.3 is 19.7 Å². The van der Waals surface area contributed by atoms with Crippen LogP contribution in [0.1, 0.15) is 10.4 Å². The van der Waals surface area contributed by atoms with Crippen LogP contribution < -0.4 is 19.7 Å². The van der Waals surface area contributed by atoms with Crippen LogP contribution in [0.15, 0.2) is 36.7 Å². The van der Waals surface area contributed by atoms with E-state index in [1.807, 2.05) is 4.90 Å². The van der Waals surface area contributed by atoms with Crippen molar-refractivity contribution in [2.45, 2.75) is 0 Å². The summed E-state index contributed by atoms with van der Waals surface area (Å²) in [7, 11) is -0.575. The molecule has 1 aromatic carbocycles. The number of ether oxygens (including phenoxy) is 2. The second-order valence-electron chi connectivity index (χ2n) is 6.55. The SMILES string of the molecule is COc1cccc(C(=O)NCCS(=O)(=O)N2CCN(c3ncccn3)CC2)c1OC. The van der Waals surface area contributed by atoms with Crippen molar-refractivity contribution in [2.24, 2.45) is 0 Å². The first-order chi connectivity index (χ1) is 14.5. The van der Waals surface area contributed by atoms with Crippen LogP contribution in [0, 0.1) is 0 Å². The number of para-hydroxylation sites is 1. The summed E-state index contributed by atoms with van der Waals surface area (Å²) in [5.74, 6) is 0.714. The summed E-state index contributed by atoms with van der Waals surface area (Å²) < 4.78 is 37.2. The number of carbonyl (C=O) groups is 1. The summed E-state index contributed by atoms with van der Waals surface area (Å²) in [5.41, 5.74) is 0.283. The Labute approximate surface area is 175 Å². The lowest BCUT2D eigenvalue weighted by atomic mass is 10.1. The molecule has 0 bridgehead atoms. The van der Waals surface area contributed by atoms with Gasteiger partial charge in [0.2, 0.25) is 16.0 Å². The highest BCUT2D eigenvalue weighted by molar-refractivity contribution is 7.89. The molecule has 0 spiro atoms. The first kappa shape index (κ1) is 21.8. The van der Waals surface area contributed by atoms with Gasteiger partial charge in [-0.3, -0.25) is 4.79 Å². The molecule has 0 saturated carbocycles. The lowest BCUT2D eigenvalue weighted by molar-refractivity contribution is 0.0952. The number of anilines is 1. The van der Waals surface area contributed by atoms with Crippen molar-refractivity contribution < 1.29 is 22.7 Å². The van der Waals surface area contributed by atoms with Gasteiger partial charge in [-0.05, 0) is 18.2 Å². The maximum atomic E-state index is 12.7. The molecule has 2 aromatic rings. The second-order valence-corrected chi connectivity index (χ2v) is 8.64. The Morgan fingerprint density at radius 1 is 1.07 bits per heavy atom. The van der Waals surface area contributed by atoms with Gasteiger partial charge in [0, 0.05) is 45.1 Å². The number of sulfonamides is 1. The Kier molecular flexibility index (Phi) is 7.06. The third-order valence-electron chi connectivity index (χ3n) is 4.76. The number of nitrogens with one attached hydrogen (secondary N) is 1. The monoisotopic (exact) mass is 435 g/mol. The minimum atomic E-state index is -3.50.